The highest BCUT2D eigenvalue weighted by Gasteiger charge is 2.06. The van der Waals surface area contributed by atoms with Crippen molar-refractivity contribution in [1.29, 1.82) is 5.26 Å². The quantitative estimate of drug-likeness (QED) is 0.472. The lowest BCUT2D eigenvalue weighted by Crippen LogP contribution is -2.13. The molecule has 0 saturated heterocycles. The van der Waals surface area contributed by atoms with Crippen molar-refractivity contribution < 1.29 is 9.53 Å². The van der Waals surface area contributed by atoms with E-state index in [0.717, 1.165) is 40.4 Å². The van der Waals surface area contributed by atoms with Crippen LogP contribution >= 0.6 is 0 Å². The van der Waals surface area contributed by atoms with Gasteiger partial charge in [0.05, 0.1) is 35.4 Å². The number of fused-ring (bicyclic) bond motifs is 1. The predicted octanol–water partition coefficient (Wildman–Crippen LogP) is 3.19. The molecule has 0 radical (unpaired) electrons. The van der Waals surface area contributed by atoms with Crippen molar-refractivity contribution in [3.8, 4) is 23.1 Å². The number of imidazole rings is 1. The van der Waals surface area contributed by atoms with Gasteiger partial charge in [0, 0.05) is 31.0 Å². The number of ether oxygens (including phenoxy) is 1. The number of benzene rings is 2. The number of nitrogens with two attached hydrogens (primary N) is 1. The van der Waals surface area contributed by atoms with Gasteiger partial charge in [0.25, 0.3) is 0 Å². The van der Waals surface area contributed by atoms with E-state index < -0.39 is 0 Å². The van der Waals surface area contributed by atoms with Gasteiger partial charge in [-0.2, -0.15) is 5.26 Å². The molecule has 4 rings (SSSR count). The Hall–Kier alpha value is -4.22. The maximum atomic E-state index is 10.3. The summed E-state index contributed by atoms with van der Waals surface area (Å²) in [5.74, 6) is 0.825. The van der Waals surface area contributed by atoms with Crippen molar-refractivity contribution in [3.63, 3.8) is 0 Å². The van der Waals surface area contributed by atoms with Gasteiger partial charge >= 0.3 is 0 Å². The molecule has 0 aliphatic heterocycles. The minimum absolute atomic E-state index is 0.515. The number of nitrogens with zero attached hydrogens (tertiary/aromatic N) is 5. The van der Waals surface area contributed by atoms with E-state index in [1.165, 1.54) is 4.90 Å². The topological polar surface area (TPSA) is 110 Å². The van der Waals surface area contributed by atoms with Crippen LogP contribution in [0.15, 0.2) is 67.1 Å². The van der Waals surface area contributed by atoms with Crippen LogP contribution in [0.25, 0.3) is 16.9 Å². The third-order valence-electron chi connectivity index (χ3n) is 4.62. The lowest BCUT2D eigenvalue weighted by molar-refractivity contribution is -0.107. The fourth-order valence-corrected chi connectivity index (χ4v) is 2.93. The Balaban J connectivity index is 0.000000207. The molecule has 0 fully saturated rings. The second-order valence-electron chi connectivity index (χ2n) is 6.94. The van der Waals surface area contributed by atoms with Gasteiger partial charge in [0.15, 0.2) is 5.65 Å². The smallest absolute Gasteiger partial charge is 0.213 e. The Labute approximate surface area is 186 Å². The molecule has 2 N–H and O–H groups in total. The zero-order valence-corrected chi connectivity index (χ0v) is 18.0. The largest absolute Gasteiger partial charge is 0.492 e. The standard InChI is InChI=1S/C15H16N4O.C9H8N2O/c1-11-10-19-14(8-18-15(19)9-17-11)12-2-4-13(5-3-12)20-7-6-16;1-11(7-12)9-4-2-8(6-10)3-5-9/h2-5,8-10H,6-7,16H2,1H3;2-5,7H,1H3. The minimum atomic E-state index is 0.515. The van der Waals surface area contributed by atoms with Crippen molar-refractivity contribution in [3.05, 3.63) is 78.4 Å². The summed E-state index contributed by atoms with van der Waals surface area (Å²) in [7, 11) is 1.66. The first-order valence-electron chi connectivity index (χ1n) is 9.97. The molecule has 0 unspecified atom stereocenters. The van der Waals surface area contributed by atoms with E-state index in [9.17, 15) is 4.79 Å². The zero-order valence-electron chi connectivity index (χ0n) is 18.0. The normalized spacial score (nSPS) is 10.1. The number of aryl methyl sites for hydroxylation is 1. The van der Waals surface area contributed by atoms with E-state index in [-0.39, 0.29) is 0 Å². The number of rotatable bonds is 6. The fourth-order valence-electron chi connectivity index (χ4n) is 2.93. The van der Waals surface area contributed by atoms with Crippen molar-refractivity contribution in [1.82, 2.24) is 14.4 Å². The van der Waals surface area contributed by atoms with Gasteiger partial charge in [-0.25, -0.2) is 4.98 Å². The van der Waals surface area contributed by atoms with Gasteiger partial charge in [-0.1, -0.05) is 0 Å². The number of carbonyl (C=O) groups is 1. The second kappa shape index (κ2) is 10.7. The number of anilines is 1. The summed E-state index contributed by atoms with van der Waals surface area (Å²) in [6.07, 6.45) is 6.33. The molecule has 2 aromatic carbocycles. The van der Waals surface area contributed by atoms with E-state index in [0.29, 0.717) is 18.7 Å². The predicted molar refractivity (Wildman–Crippen MR) is 123 cm³/mol. The van der Waals surface area contributed by atoms with Crippen LogP contribution in [0.4, 0.5) is 5.69 Å². The van der Waals surface area contributed by atoms with Gasteiger partial charge in [0.1, 0.15) is 12.4 Å². The number of hydrogen-bond acceptors (Lipinski definition) is 6. The summed E-state index contributed by atoms with van der Waals surface area (Å²) in [6, 6.07) is 16.7. The van der Waals surface area contributed by atoms with Crippen LogP contribution < -0.4 is 15.4 Å². The lowest BCUT2D eigenvalue weighted by atomic mass is 10.1. The summed E-state index contributed by atoms with van der Waals surface area (Å²) in [5.41, 5.74) is 10.7. The molecule has 0 aliphatic carbocycles. The van der Waals surface area contributed by atoms with Crippen LogP contribution in [0.2, 0.25) is 0 Å². The van der Waals surface area contributed by atoms with E-state index in [1.807, 2.05) is 54.1 Å². The molecule has 2 aromatic heterocycles. The van der Waals surface area contributed by atoms with Gasteiger partial charge in [-0.05, 0) is 55.5 Å². The summed E-state index contributed by atoms with van der Waals surface area (Å²) >= 11 is 0. The summed E-state index contributed by atoms with van der Waals surface area (Å²) in [5, 5.41) is 8.49. The number of amides is 1. The fraction of sp³-hybridized carbons (Fsp3) is 0.167. The molecule has 162 valence electrons. The molecule has 0 saturated carbocycles. The van der Waals surface area contributed by atoms with E-state index in [4.69, 9.17) is 15.7 Å². The molecule has 0 atom stereocenters. The number of nitriles is 1. The number of aromatic nitrogens is 3. The van der Waals surface area contributed by atoms with Crippen molar-refractivity contribution in [2.75, 3.05) is 25.1 Å². The Morgan fingerprint density at radius 1 is 1.12 bits per heavy atom. The average molecular weight is 428 g/mol. The Morgan fingerprint density at radius 3 is 2.47 bits per heavy atom. The number of hydrogen-bond donors (Lipinski definition) is 1. The first-order chi connectivity index (χ1) is 15.5. The Morgan fingerprint density at radius 2 is 1.84 bits per heavy atom. The van der Waals surface area contributed by atoms with E-state index in [2.05, 4.69) is 9.97 Å². The first-order valence-corrected chi connectivity index (χ1v) is 9.97. The van der Waals surface area contributed by atoms with Gasteiger partial charge in [-0.3, -0.25) is 14.2 Å². The molecular weight excluding hydrogens is 404 g/mol. The van der Waals surface area contributed by atoms with Crippen LogP contribution in [0.3, 0.4) is 0 Å². The summed E-state index contributed by atoms with van der Waals surface area (Å²) in [6.45, 7) is 3.01. The van der Waals surface area contributed by atoms with Crippen LogP contribution in [-0.4, -0.2) is 41.0 Å². The third-order valence-corrected chi connectivity index (χ3v) is 4.62. The van der Waals surface area contributed by atoms with Gasteiger partial charge < -0.3 is 15.4 Å². The summed E-state index contributed by atoms with van der Waals surface area (Å²) in [4.78, 5) is 20.4. The van der Waals surface area contributed by atoms with Crippen molar-refractivity contribution in [2.24, 2.45) is 5.73 Å². The molecule has 8 heteroatoms. The molecule has 2 heterocycles. The highest BCUT2D eigenvalue weighted by molar-refractivity contribution is 5.74. The lowest BCUT2D eigenvalue weighted by Gasteiger charge is -2.09. The maximum Gasteiger partial charge on any atom is 0.213 e. The van der Waals surface area contributed by atoms with Crippen molar-refractivity contribution in [2.45, 2.75) is 6.92 Å². The minimum Gasteiger partial charge on any atom is -0.492 e. The third kappa shape index (κ3) is 5.47. The molecule has 4 aromatic rings. The summed E-state index contributed by atoms with van der Waals surface area (Å²) < 4.78 is 7.52. The first kappa shape index (κ1) is 22.5. The van der Waals surface area contributed by atoms with Crippen molar-refractivity contribution >= 4 is 17.7 Å². The van der Waals surface area contributed by atoms with E-state index >= 15 is 0 Å². The Kier molecular flexibility index (Phi) is 7.51. The highest BCUT2D eigenvalue weighted by atomic mass is 16.5. The molecule has 0 spiro atoms. The zero-order chi connectivity index (χ0) is 22.9. The maximum absolute atomic E-state index is 10.3. The van der Waals surface area contributed by atoms with Crippen LogP contribution in [0, 0.1) is 18.3 Å². The molecular formula is C24H24N6O2. The molecule has 8 nitrogen and oxygen atoms in total. The Bertz CT molecular complexity index is 1210. The molecule has 1 amide bonds. The van der Waals surface area contributed by atoms with Gasteiger partial charge in [0.2, 0.25) is 6.41 Å². The van der Waals surface area contributed by atoms with Crippen LogP contribution in [-0.2, 0) is 4.79 Å². The van der Waals surface area contributed by atoms with E-state index in [1.54, 1.807) is 37.5 Å². The highest BCUT2D eigenvalue weighted by Crippen LogP contribution is 2.23. The molecule has 0 bridgehead atoms. The SMILES string of the molecule is CN(C=O)c1ccc(C#N)cc1.Cc1cn2c(-c3ccc(OCCN)cc3)cnc2cn1. The van der Waals surface area contributed by atoms with Crippen LogP contribution in [0.5, 0.6) is 5.75 Å². The van der Waals surface area contributed by atoms with Gasteiger partial charge in [-0.15, -0.1) is 0 Å². The number of carbonyl (C=O) groups excluding carboxylic acids is 1. The molecule has 32 heavy (non-hydrogen) atoms. The molecule has 0 aliphatic rings. The van der Waals surface area contributed by atoms with Crippen LogP contribution in [0.1, 0.15) is 11.3 Å². The monoisotopic (exact) mass is 428 g/mol. The average Bonchev–Trinajstić information content (AvgIpc) is 3.26. The second-order valence-corrected chi connectivity index (χ2v) is 6.94.